The number of carbonyl (C=O) groups excluding carboxylic acids is 1. The summed E-state index contributed by atoms with van der Waals surface area (Å²) in [5.74, 6) is 0.263. The van der Waals surface area contributed by atoms with Crippen molar-refractivity contribution in [1.82, 2.24) is 4.98 Å². The number of ether oxygens (including phenoxy) is 2. The molecule has 0 amide bonds. The van der Waals surface area contributed by atoms with Gasteiger partial charge < -0.3 is 32.2 Å². The van der Waals surface area contributed by atoms with E-state index in [0.29, 0.717) is 29.2 Å². The van der Waals surface area contributed by atoms with Crippen molar-refractivity contribution in [3.05, 3.63) is 125 Å². The molecule has 2 heterocycles. The molecule has 9 nitrogen and oxygen atoms in total. The average molecular weight is 830 g/mol. The van der Waals surface area contributed by atoms with Crippen molar-refractivity contribution in [2.45, 2.75) is 71.4 Å². The van der Waals surface area contributed by atoms with Crippen molar-refractivity contribution in [3.8, 4) is 5.75 Å². The van der Waals surface area contributed by atoms with Crippen LogP contribution in [-0.4, -0.2) is 28.5 Å². The summed E-state index contributed by atoms with van der Waals surface area (Å²) in [7, 11) is 0. The van der Waals surface area contributed by atoms with Gasteiger partial charge in [0.15, 0.2) is 6.20 Å². The molecule has 0 bridgehead atoms. The smallest absolute Gasteiger partial charge is 0.676 e. The van der Waals surface area contributed by atoms with Crippen molar-refractivity contribution in [2.24, 2.45) is 0 Å². The Balaban J connectivity index is 0.000000550. The summed E-state index contributed by atoms with van der Waals surface area (Å²) in [6.07, 6.45) is 7.94. The molecule has 1 saturated carbocycles. The third-order valence-corrected chi connectivity index (χ3v) is 8.62. The van der Waals surface area contributed by atoms with Gasteiger partial charge in [-0.25, -0.2) is 4.98 Å². The molecule has 6 N–H and O–H groups in total. The number of nitrogens with two attached hydrogens (primary N) is 1. The zero-order chi connectivity index (χ0) is 32.6. The summed E-state index contributed by atoms with van der Waals surface area (Å²) in [5, 5.41) is 2.17. The van der Waals surface area contributed by atoms with Crippen LogP contribution in [-0.2, 0) is 43.9 Å². The second-order valence-electron chi connectivity index (χ2n) is 11.8. The fourth-order valence-electron chi connectivity index (χ4n) is 5.79. The van der Waals surface area contributed by atoms with Crippen molar-refractivity contribution in [1.29, 1.82) is 0 Å². The maximum absolute atomic E-state index is 12.8. The number of nitrogens with zero attached hydrogens (tertiary/aromatic N) is 2. The topological polar surface area (TPSA) is 157 Å². The van der Waals surface area contributed by atoms with Crippen LogP contribution in [0.15, 0.2) is 91.8 Å². The third kappa shape index (κ3) is 9.26. The third-order valence-electron chi connectivity index (χ3n) is 8.62. The predicted molar refractivity (Wildman–Crippen MR) is 189 cm³/mol. The van der Waals surface area contributed by atoms with E-state index in [1.807, 2.05) is 65.4 Å². The number of fused-ring (bicyclic) bond motifs is 3. The van der Waals surface area contributed by atoms with E-state index in [9.17, 15) is 4.79 Å². The number of hydrogen-bond acceptors (Lipinski definition) is 5. The Morgan fingerprint density at radius 3 is 2.31 bits per heavy atom. The molecule has 1 fully saturated rings. The van der Waals surface area contributed by atoms with Crippen LogP contribution in [0, 0.1) is 13.8 Å². The fourth-order valence-corrected chi connectivity index (χ4v) is 5.79. The molecule has 2 aromatic heterocycles. The second kappa shape index (κ2) is 17.9. The molecular formula is C38H44N5O4Pt+. The predicted octanol–water partition coefficient (Wildman–Crippen LogP) is 7.63. The second-order valence-corrected chi connectivity index (χ2v) is 11.8. The van der Waals surface area contributed by atoms with Crippen LogP contribution in [0.4, 0.5) is 5.69 Å². The Morgan fingerprint density at radius 1 is 0.958 bits per heavy atom. The van der Waals surface area contributed by atoms with Gasteiger partial charge in [0.1, 0.15) is 17.9 Å². The van der Waals surface area contributed by atoms with Gasteiger partial charge >= 0.3 is 27.0 Å². The van der Waals surface area contributed by atoms with E-state index in [4.69, 9.17) is 26.7 Å². The van der Waals surface area contributed by atoms with E-state index in [-0.39, 0.29) is 51.8 Å². The summed E-state index contributed by atoms with van der Waals surface area (Å²) in [4.78, 5) is 17.5. The molecule has 48 heavy (non-hydrogen) atoms. The van der Waals surface area contributed by atoms with E-state index in [1.165, 1.54) is 24.0 Å². The Morgan fingerprint density at radius 2 is 1.62 bits per heavy atom. The molecule has 6 rings (SSSR count). The minimum absolute atomic E-state index is 0. The molecule has 2 atom stereocenters. The minimum atomic E-state index is -0.393. The maximum Gasteiger partial charge on any atom is 2.00 e. The standard InChI is InChI=1S/C32H30N3O3.C6H12N2.H2O.Pt/c1-21(28-18-25(13-14-29(28)33)37-19-24-9-5-4-6-10-24)17-30(36)38-20-35-16-8-12-27-23(3)22(2)26-11-7-15-34-31(26)32(27)35;7-5-3-1-2-4-6(5)8;;/h4-16,18H,1,17,19-20,33H2,2-3H3;5-8H,1-4H2;1H2;/q+1;-2;;+2/t;5-,6?;;/m.0../s1. The number of carbonyl (C=O) groups is 1. The van der Waals surface area contributed by atoms with Crippen molar-refractivity contribution in [2.75, 3.05) is 5.73 Å². The van der Waals surface area contributed by atoms with Gasteiger partial charge in [0.05, 0.1) is 11.8 Å². The molecule has 0 spiro atoms. The SMILES string of the molecule is C=C(CC(=O)OC[n+]1cccc2c(C)c(C)c3cccnc3c21)c1cc(OCc2ccccc2)ccc1N.O.[NH-]C1CCCC[C@@H]1[NH-].[Pt+2]. The van der Waals surface area contributed by atoms with E-state index < -0.39 is 5.97 Å². The molecule has 0 saturated heterocycles. The van der Waals surface area contributed by atoms with Crippen LogP contribution in [0.25, 0.3) is 38.8 Å². The van der Waals surface area contributed by atoms with Gasteiger partial charge in [0.25, 0.3) is 6.73 Å². The number of pyridine rings is 2. The van der Waals surface area contributed by atoms with Gasteiger partial charge in [0, 0.05) is 28.9 Å². The maximum atomic E-state index is 12.8. The van der Waals surface area contributed by atoms with E-state index in [2.05, 4.69) is 37.5 Å². The minimum Gasteiger partial charge on any atom is -0.676 e. The van der Waals surface area contributed by atoms with Gasteiger partial charge in [-0.05, 0) is 66.4 Å². The van der Waals surface area contributed by atoms with Crippen LogP contribution in [0.5, 0.6) is 5.75 Å². The van der Waals surface area contributed by atoms with Crippen LogP contribution in [0.1, 0.15) is 54.4 Å². The number of benzene rings is 3. The quantitative estimate of drug-likeness (QED) is 0.0737. The van der Waals surface area contributed by atoms with E-state index in [1.54, 1.807) is 12.3 Å². The van der Waals surface area contributed by atoms with Crippen molar-refractivity contribution in [3.63, 3.8) is 0 Å². The largest absolute Gasteiger partial charge is 2.00 e. The molecule has 3 aromatic carbocycles. The molecule has 0 aliphatic heterocycles. The Labute approximate surface area is 296 Å². The number of nitrogen functional groups attached to an aromatic ring is 1. The van der Waals surface area contributed by atoms with Gasteiger partial charge in [-0.2, -0.15) is 16.7 Å². The number of rotatable bonds is 8. The summed E-state index contributed by atoms with van der Waals surface area (Å²) in [6.45, 7) is 8.81. The molecular weight excluding hydrogens is 786 g/mol. The fraction of sp³-hybridized carbons (Fsp3) is 0.289. The van der Waals surface area contributed by atoms with E-state index in [0.717, 1.165) is 40.2 Å². The van der Waals surface area contributed by atoms with Gasteiger partial charge in [-0.1, -0.05) is 68.7 Å². The zero-order valence-corrected chi connectivity index (χ0v) is 29.7. The first-order valence-electron chi connectivity index (χ1n) is 15.7. The first-order chi connectivity index (χ1) is 22.2. The first kappa shape index (κ1) is 38.3. The molecule has 254 valence electrons. The molecule has 0 radical (unpaired) electrons. The number of aromatic nitrogens is 2. The molecule has 1 aliphatic carbocycles. The number of nitrogens with one attached hydrogen (secondary N) is 2. The van der Waals surface area contributed by atoms with Gasteiger partial charge in [0.2, 0.25) is 5.52 Å². The zero-order valence-electron chi connectivity index (χ0n) is 27.4. The number of aryl methyl sites for hydroxylation is 2. The van der Waals surface area contributed by atoms with Crippen molar-refractivity contribution < 1.29 is 45.4 Å². The summed E-state index contributed by atoms with van der Waals surface area (Å²) in [6, 6.07) is 23.2. The molecule has 1 aliphatic rings. The number of esters is 1. The van der Waals surface area contributed by atoms with Crippen LogP contribution < -0.4 is 15.0 Å². The van der Waals surface area contributed by atoms with Gasteiger partial charge in [-0.3, -0.25) is 4.79 Å². The van der Waals surface area contributed by atoms with Gasteiger partial charge in [-0.15, -0.1) is 0 Å². The molecule has 1 unspecified atom stereocenters. The summed E-state index contributed by atoms with van der Waals surface area (Å²) < 4.78 is 13.5. The summed E-state index contributed by atoms with van der Waals surface area (Å²) in [5.41, 5.74) is 27.8. The Kier molecular flexibility index (Phi) is 14.2. The van der Waals surface area contributed by atoms with Crippen LogP contribution in [0.3, 0.4) is 0 Å². The van der Waals surface area contributed by atoms with Crippen LogP contribution >= 0.6 is 0 Å². The normalized spacial score (nSPS) is 15.3. The van der Waals surface area contributed by atoms with Crippen LogP contribution in [0.2, 0.25) is 0 Å². The van der Waals surface area contributed by atoms with E-state index >= 15 is 0 Å². The number of anilines is 1. The Hall–Kier alpha value is -4.14. The average Bonchev–Trinajstić information content (AvgIpc) is 3.07. The molecule has 5 aromatic rings. The summed E-state index contributed by atoms with van der Waals surface area (Å²) >= 11 is 0. The Bertz CT molecular complexity index is 1840. The number of hydrogen-bond donors (Lipinski definition) is 1. The van der Waals surface area contributed by atoms with Crippen molar-refractivity contribution >= 4 is 39.0 Å². The molecule has 10 heteroatoms. The first-order valence-corrected chi connectivity index (χ1v) is 15.7. The monoisotopic (exact) mass is 829 g/mol.